The van der Waals surface area contributed by atoms with Gasteiger partial charge in [0.15, 0.2) is 0 Å². The lowest BCUT2D eigenvalue weighted by Crippen LogP contribution is -2.21. The zero-order valence-corrected chi connectivity index (χ0v) is 13.2. The number of anilines is 2. The van der Waals surface area contributed by atoms with E-state index in [1.165, 1.54) is 11.2 Å². The van der Waals surface area contributed by atoms with E-state index in [1.54, 1.807) is 26.4 Å². The first kappa shape index (κ1) is 14.2. The number of H-pyrrole nitrogens is 2. The Morgan fingerprint density at radius 2 is 2.08 bits per heavy atom. The van der Waals surface area contributed by atoms with Gasteiger partial charge in [0, 0.05) is 25.2 Å². The van der Waals surface area contributed by atoms with Crippen molar-refractivity contribution in [1.82, 2.24) is 30.0 Å². The van der Waals surface area contributed by atoms with Crippen LogP contribution in [0.15, 0.2) is 36.8 Å². The van der Waals surface area contributed by atoms with Crippen molar-refractivity contribution >= 4 is 39.3 Å². The number of nitrogens with zero attached hydrogens (tertiary/aromatic N) is 4. The van der Waals surface area contributed by atoms with Gasteiger partial charge in [-0.05, 0) is 24.3 Å². The number of carbonyl (C=O) groups is 1. The van der Waals surface area contributed by atoms with Crippen molar-refractivity contribution in [3.8, 4) is 0 Å². The maximum Gasteiger partial charge on any atom is 0.269 e. The highest BCUT2D eigenvalue weighted by molar-refractivity contribution is 6.00. The van der Waals surface area contributed by atoms with Crippen LogP contribution in [0.5, 0.6) is 0 Å². The molecular formula is C16H15N7O. The molecule has 0 aliphatic rings. The molecule has 0 radical (unpaired) electrons. The smallest absolute Gasteiger partial charge is 0.269 e. The lowest BCUT2D eigenvalue weighted by molar-refractivity contribution is 0.0823. The van der Waals surface area contributed by atoms with Crippen LogP contribution in [0.1, 0.15) is 10.5 Å². The van der Waals surface area contributed by atoms with E-state index in [4.69, 9.17) is 0 Å². The van der Waals surface area contributed by atoms with Crippen molar-refractivity contribution in [1.29, 1.82) is 0 Å². The van der Waals surface area contributed by atoms with E-state index in [0.717, 1.165) is 22.0 Å². The molecule has 0 fully saturated rings. The van der Waals surface area contributed by atoms with Gasteiger partial charge in [-0.1, -0.05) is 0 Å². The maximum atomic E-state index is 12.1. The Balaban J connectivity index is 1.74. The molecular weight excluding hydrogens is 306 g/mol. The van der Waals surface area contributed by atoms with Crippen LogP contribution in [-0.2, 0) is 0 Å². The molecule has 0 atom stereocenters. The summed E-state index contributed by atoms with van der Waals surface area (Å²) in [5.74, 6) is 0.524. The number of hydrogen-bond donors (Lipinski definition) is 3. The molecule has 3 heterocycles. The molecule has 0 spiro atoms. The van der Waals surface area contributed by atoms with Crippen molar-refractivity contribution in [2.45, 2.75) is 0 Å². The third-order valence-electron chi connectivity index (χ3n) is 3.77. The first-order chi connectivity index (χ1) is 11.6. The summed E-state index contributed by atoms with van der Waals surface area (Å²) in [7, 11) is 3.41. The van der Waals surface area contributed by atoms with Crippen LogP contribution in [0.4, 0.5) is 11.5 Å². The van der Waals surface area contributed by atoms with Gasteiger partial charge in [0.25, 0.3) is 5.91 Å². The highest BCUT2D eigenvalue weighted by Crippen LogP contribution is 2.25. The largest absolute Gasteiger partial charge is 0.344 e. The summed E-state index contributed by atoms with van der Waals surface area (Å²) in [6.45, 7) is 0. The lowest BCUT2D eigenvalue weighted by atomic mass is 10.2. The molecule has 1 amide bonds. The van der Waals surface area contributed by atoms with E-state index in [1.807, 2.05) is 18.2 Å². The van der Waals surface area contributed by atoms with Crippen LogP contribution in [0.25, 0.3) is 21.9 Å². The molecule has 1 aromatic carbocycles. The van der Waals surface area contributed by atoms with Crippen LogP contribution >= 0.6 is 0 Å². The van der Waals surface area contributed by atoms with E-state index < -0.39 is 0 Å². The normalized spacial score (nSPS) is 11.1. The summed E-state index contributed by atoms with van der Waals surface area (Å²) in [4.78, 5) is 25.2. The first-order valence-electron chi connectivity index (χ1n) is 7.37. The number of fused-ring (bicyclic) bond motifs is 2. The minimum Gasteiger partial charge on any atom is -0.344 e. The van der Waals surface area contributed by atoms with Gasteiger partial charge in [-0.25, -0.2) is 9.97 Å². The van der Waals surface area contributed by atoms with Crippen LogP contribution in [-0.4, -0.2) is 50.1 Å². The number of amides is 1. The second-order valence-electron chi connectivity index (χ2n) is 5.66. The molecule has 3 aromatic heterocycles. The minimum atomic E-state index is -0.112. The van der Waals surface area contributed by atoms with Gasteiger partial charge in [-0.15, -0.1) is 0 Å². The van der Waals surface area contributed by atoms with E-state index in [9.17, 15) is 4.79 Å². The zero-order valence-electron chi connectivity index (χ0n) is 13.2. The third kappa shape index (κ3) is 2.34. The summed E-state index contributed by atoms with van der Waals surface area (Å²) in [6.07, 6.45) is 3.22. The molecule has 8 nitrogen and oxygen atoms in total. The molecule has 0 saturated carbocycles. The first-order valence-corrected chi connectivity index (χ1v) is 7.37. The summed E-state index contributed by atoms with van der Waals surface area (Å²) in [5, 5.41) is 12.0. The highest BCUT2D eigenvalue weighted by Gasteiger charge is 2.14. The van der Waals surface area contributed by atoms with Gasteiger partial charge in [0.05, 0.1) is 17.1 Å². The van der Waals surface area contributed by atoms with Gasteiger partial charge < -0.3 is 15.2 Å². The number of aromatic nitrogens is 5. The predicted octanol–water partition coefficient (Wildman–Crippen LogP) is 2.28. The highest BCUT2D eigenvalue weighted by atomic mass is 16.2. The summed E-state index contributed by atoms with van der Waals surface area (Å²) < 4.78 is 0. The molecule has 24 heavy (non-hydrogen) atoms. The molecule has 3 N–H and O–H groups in total. The third-order valence-corrected chi connectivity index (χ3v) is 3.77. The Hall–Kier alpha value is -3.42. The summed E-state index contributed by atoms with van der Waals surface area (Å²) in [5.41, 5.74) is 2.94. The van der Waals surface area contributed by atoms with Gasteiger partial charge in [0.2, 0.25) is 0 Å². The van der Waals surface area contributed by atoms with E-state index in [-0.39, 0.29) is 5.91 Å². The number of aromatic amines is 2. The molecule has 120 valence electrons. The lowest BCUT2D eigenvalue weighted by Gasteiger charge is -2.07. The average Bonchev–Trinajstić information content (AvgIpc) is 3.20. The van der Waals surface area contributed by atoms with Crippen molar-refractivity contribution in [3.63, 3.8) is 0 Å². The summed E-state index contributed by atoms with van der Waals surface area (Å²) in [6, 6.07) is 7.62. The molecule has 0 aliphatic heterocycles. The Morgan fingerprint density at radius 1 is 1.21 bits per heavy atom. The van der Waals surface area contributed by atoms with Gasteiger partial charge in [-0.2, -0.15) is 5.10 Å². The Labute approximate surface area is 136 Å². The summed E-state index contributed by atoms with van der Waals surface area (Å²) >= 11 is 0. The van der Waals surface area contributed by atoms with Gasteiger partial charge >= 0.3 is 0 Å². The molecule has 0 bridgehead atoms. The SMILES string of the molecule is CN(C)C(=O)c1cc2c(Nc3ccc4[nH]ncc4c3)ncnc2[nH]1. The second-order valence-corrected chi connectivity index (χ2v) is 5.66. The van der Waals surface area contributed by atoms with E-state index >= 15 is 0 Å². The standard InChI is InChI=1S/C16H15N7O/c1-23(2)16(24)13-6-11-14(17-8-18-15(11)21-13)20-10-3-4-12-9(5-10)7-19-22-12/h3-8H,1-2H3,(H,19,22)(H2,17,18,20,21). The van der Waals surface area contributed by atoms with Crippen molar-refractivity contribution < 1.29 is 4.79 Å². The fraction of sp³-hybridized carbons (Fsp3) is 0.125. The molecule has 4 rings (SSSR count). The van der Waals surface area contributed by atoms with Crippen molar-refractivity contribution in [2.75, 3.05) is 19.4 Å². The van der Waals surface area contributed by atoms with Gasteiger partial charge in [-0.3, -0.25) is 9.89 Å². The zero-order chi connectivity index (χ0) is 16.7. The number of carbonyl (C=O) groups excluding carboxylic acids is 1. The maximum absolute atomic E-state index is 12.1. The van der Waals surface area contributed by atoms with Crippen molar-refractivity contribution in [2.24, 2.45) is 0 Å². The van der Waals surface area contributed by atoms with Crippen LogP contribution in [0, 0.1) is 0 Å². The minimum absolute atomic E-state index is 0.112. The Bertz CT molecular complexity index is 1050. The number of nitrogens with one attached hydrogen (secondary N) is 3. The number of rotatable bonds is 3. The fourth-order valence-electron chi connectivity index (χ4n) is 2.55. The fourth-order valence-corrected chi connectivity index (χ4v) is 2.55. The number of hydrogen-bond acceptors (Lipinski definition) is 5. The van der Waals surface area contributed by atoms with Crippen LogP contribution in [0.3, 0.4) is 0 Å². The molecule has 0 aliphatic carbocycles. The Morgan fingerprint density at radius 3 is 2.92 bits per heavy atom. The Kier molecular flexibility index (Phi) is 3.16. The average molecular weight is 321 g/mol. The molecule has 0 unspecified atom stereocenters. The van der Waals surface area contributed by atoms with E-state index in [0.29, 0.717) is 17.2 Å². The van der Waals surface area contributed by atoms with Crippen LogP contribution < -0.4 is 5.32 Å². The quantitative estimate of drug-likeness (QED) is 0.537. The topological polar surface area (TPSA) is 103 Å². The van der Waals surface area contributed by atoms with Gasteiger partial charge in [0.1, 0.15) is 23.5 Å². The monoisotopic (exact) mass is 321 g/mol. The van der Waals surface area contributed by atoms with E-state index in [2.05, 4.69) is 30.5 Å². The van der Waals surface area contributed by atoms with Crippen molar-refractivity contribution in [3.05, 3.63) is 42.5 Å². The molecule has 4 aromatic rings. The predicted molar refractivity (Wildman–Crippen MR) is 91.3 cm³/mol. The molecule has 8 heteroatoms. The van der Waals surface area contributed by atoms with Crippen LogP contribution in [0.2, 0.25) is 0 Å². The second kappa shape index (κ2) is 5.34. The molecule has 0 saturated heterocycles. The number of benzene rings is 1.